The minimum atomic E-state index is 0.626. The van der Waals surface area contributed by atoms with E-state index in [0.29, 0.717) is 5.41 Å². The largest absolute Gasteiger partial charge is 0.0591 e. The molecular formula is C14H23. The third-order valence-corrected chi connectivity index (χ3v) is 6.15. The van der Waals surface area contributed by atoms with E-state index < -0.39 is 0 Å². The minimum Gasteiger partial charge on any atom is -0.0591 e. The van der Waals surface area contributed by atoms with Gasteiger partial charge in [-0.05, 0) is 60.2 Å². The summed E-state index contributed by atoms with van der Waals surface area (Å²) in [6, 6.07) is 0. The van der Waals surface area contributed by atoms with Gasteiger partial charge in [0, 0.05) is 0 Å². The van der Waals surface area contributed by atoms with Gasteiger partial charge in [-0.1, -0.05) is 27.7 Å². The van der Waals surface area contributed by atoms with E-state index in [0.717, 1.165) is 23.2 Å². The molecule has 3 rings (SSSR count). The molecule has 0 amide bonds. The molecule has 3 fully saturated rings. The lowest BCUT2D eigenvalue weighted by atomic mass is 9.69. The zero-order chi connectivity index (χ0) is 10.1. The monoisotopic (exact) mass is 191 g/mol. The fraction of sp³-hybridized carbons (Fsp3) is 0.929. The molecule has 3 aliphatic carbocycles. The lowest BCUT2D eigenvalue weighted by Crippen LogP contribution is -2.28. The first kappa shape index (κ1) is 9.24. The first-order valence-electron chi connectivity index (χ1n) is 6.27. The van der Waals surface area contributed by atoms with Gasteiger partial charge < -0.3 is 0 Å². The van der Waals surface area contributed by atoms with Gasteiger partial charge in [0.25, 0.3) is 0 Å². The lowest BCUT2D eigenvalue weighted by molar-refractivity contribution is 0.137. The molecule has 3 saturated carbocycles. The van der Waals surface area contributed by atoms with Gasteiger partial charge in [0.1, 0.15) is 0 Å². The number of hydrogen-bond donors (Lipinski definition) is 0. The highest BCUT2D eigenvalue weighted by Crippen LogP contribution is 2.75. The van der Waals surface area contributed by atoms with E-state index >= 15 is 0 Å². The summed E-state index contributed by atoms with van der Waals surface area (Å²) in [6.45, 7) is 9.93. The molecule has 4 unspecified atom stereocenters. The molecule has 0 aromatic heterocycles. The molecule has 0 nitrogen and oxygen atoms in total. The molecule has 0 spiro atoms. The molecule has 79 valence electrons. The summed E-state index contributed by atoms with van der Waals surface area (Å²) in [5, 5.41) is 0. The topological polar surface area (TPSA) is 0 Å². The summed E-state index contributed by atoms with van der Waals surface area (Å²) in [4.78, 5) is 0. The zero-order valence-corrected chi connectivity index (χ0v) is 10.1. The maximum Gasteiger partial charge on any atom is -0.0238 e. The molecule has 14 heavy (non-hydrogen) atoms. The van der Waals surface area contributed by atoms with Crippen LogP contribution < -0.4 is 0 Å². The van der Waals surface area contributed by atoms with E-state index in [9.17, 15) is 0 Å². The Morgan fingerprint density at radius 1 is 1.29 bits per heavy atom. The van der Waals surface area contributed by atoms with E-state index in [4.69, 9.17) is 0 Å². The van der Waals surface area contributed by atoms with Gasteiger partial charge in [-0.2, -0.15) is 0 Å². The Hall–Kier alpha value is 0. The van der Waals surface area contributed by atoms with Crippen molar-refractivity contribution in [3.8, 4) is 0 Å². The summed E-state index contributed by atoms with van der Waals surface area (Å²) in [5.74, 6) is 4.89. The minimum absolute atomic E-state index is 0.626. The van der Waals surface area contributed by atoms with Crippen LogP contribution in [0.25, 0.3) is 0 Å². The van der Waals surface area contributed by atoms with Crippen molar-refractivity contribution in [3.63, 3.8) is 0 Å². The van der Waals surface area contributed by atoms with Gasteiger partial charge in [0.05, 0.1) is 0 Å². The van der Waals surface area contributed by atoms with Gasteiger partial charge >= 0.3 is 0 Å². The Morgan fingerprint density at radius 3 is 2.36 bits per heavy atom. The second kappa shape index (κ2) is 2.39. The highest BCUT2D eigenvalue weighted by molar-refractivity contribution is 5.18. The maximum absolute atomic E-state index is 2.53. The molecule has 0 heteroatoms. The first-order chi connectivity index (χ1) is 6.45. The van der Waals surface area contributed by atoms with E-state index in [1.807, 2.05) is 0 Å². The van der Waals surface area contributed by atoms with E-state index in [1.165, 1.54) is 25.7 Å². The molecule has 0 bridgehead atoms. The average molecular weight is 191 g/mol. The normalized spacial score (nSPS) is 54.4. The maximum atomic E-state index is 2.53. The summed E-state index contributed by atoms with van der Waals surface area (Å²) in [7, 11) is 0. The van der Waals surface area contributed by atoms with Crippen LogP contribution in [0.3, 0.4) is 0 Å². The molecule has 1 radical (unpaired) electrons. The third-order valence-electron chi connectivity index (χ3n) is 6.15. The highest BCUT2D eigenvalue weighted by atomic mass is 14.7. The van der Waals surface area contributed by atoms with Crippen molar-refractivity contribution in [1.29, 1.82) is 0 Å². The summed E-state index contributed by atoms with van der Waals surface area (Å²) < 4.78 is 0. The Labute approximate surface area is 88.5 Å². The molecule has 0 aliphatic heterocycles. The molecule has 0 aromatic rings. The average Bonchev–Trinajstić information content (AvgIpc) is 2.91. The van der Waals surface area contributed by atoms with Crippen molar-refractivity contribution in [2.75, 3.05) is 0 Å². The zero-order valence-electron chi connectivity index (χ0n) is 10.1. The van der Waals surface area contributed by atoms with Crippen LogP contribution in [0.5, 0.6) is 0 Å². The van der Waals surface area contributed by atoms with Crippen LogP contribution in [0.2, 0.25) is 0 Å². The number of rotatable bonds is 2. The van der Waals surface area contributed by atoms with Crippen LogP contribution in [-0.4, -0.2) is 0 Å². The first-order valence-corrected chi connectivity index (χ1v) is 6.27. The Bertz CT molecular complexity index is 265. The van der Waals surface area contributed by atoms with E-state index in [-0.39, 0.29) is 0 Å². The van der Waals surface area contributed by atoms with Crippen LogP contribution in [0, 0.1) is 34.5 Å². The van der Waals surface area contributed by atoms with Crippen molar-refractivity contribution in [2.45, 2.75) is 53.4 Å². The Kier molecular flexibility index (Phi) is 1.58. The van der Waals surface area contributed by atoms with Gasteiger partial charge in [-0.25, -0.2) is 0 Å². The standard InChI is InChI=1S/C14H23/c1-9-5-10(9)6-11-7-12-8-14(12,4)13(11,2)3/h10-12H,5-8H2,1-4H3. The third kappa shape index (κ3) is 1.01. The van der Waals surface area contributed by atoms with Crippen LogP contribution >= 0.6 is 0 Å². The van der Waals surface area contributed by atoms with E-state index in [1.54, 1.807) is 5.92 Å². The number of fused-ring (bicyclic) bond motifs is 1. The Balaban J connectivity index is 1.71. The SMILES string of the molecule is C[C]1CC1CC1CC2CC2(C)C1(C)C. The Morgan fingerprint density at radius 2 is 1.93 bits per heavy atom. The summed E-state index contributed by atoms with van der Waals surface area (Å²) in [6.07, 6.45) is 6.00. The molecule has 0 heterocycles. The van der Waals surface area contributed by atoms with Crippen LogP contribution in [-0.2, 0) is 0 Å². The molecule has 3 aliphatic rings. The van der Waals surface area contributed by atoms with Crippen molar-refractivity contribution in [1.82, 2.24) is 0 Å². The van der Waals surface area contributed by atoms with Crippen LogP contribution in [0.1, 0.15) is 53.4 Å². The second-order valence-corrected chi connectivity index (χ2v) is 6.96. The van der Waals surface area contributed by atoms with E-state index in [2.05, 4.69) is 27.7 Å². The van der Waals surface area contributed by atoms with Gasteiger partial charge in [0.15, 0.2) is 0 Å². The molecule has 0 N–H and O–H groups in total. The predicted molar refractivity (Wildman–Crippen MR) is 59.7 cm³/mol. The van der Waals surface area contributed by atoms with Gasteiger partial charge in [-0.15, -0.1) is 0 Å². The molecular weight excluding hydrogens is 168 g/mol. The van der Waals surface area contributed by atoms with Gasteiger partial charge in [-0.3, -0.25) is 0 Å². The highest BCUT2D eigenvalue weighted by Gasteiger charge is 2.67. The van der Waals surface area contributed by atoms with Crippen molar-refractivity contribution < 1.29 is 0 Å². The van der Waals surface area contributed by atoms with Crippen molar-refractivity contribution in [2.24, 2.45) is 28.6 Å². The molecule has 0 saturated heterocycles. The van der Waals surface area contributed by atoms with Gasteiger partial charge in [0.2, 0.25) is 0 Å². The van der Waals surface area contributed by atoms with Crippen molar-refractivity contribution >= 4 is 0 Å². The second-order valence-electron chi connectivity index (χ2n) is 6.96. The van der Waals surface area contributed by atoms with Crippen molar-refractivity contribution in [3.05, 3.63) is 5.92 Å². The van der Waals surface area contributed by atoms with Crippen LogP contribution in [0.4, 0.5) is 0 Å². The fourth-order valence-electron chi connectivity index (χ4n) is 4.04. The quantitative estimate of drug-likeness (QED) is 0.617. The lowest BCUT2D eigenvalue weighted by Gasteiger charge is -2.35. The van der Waals surface area contributed by atoms with Crippen LogP contribution in [0.15, 0.2) is 0 Å². The summed E-state index contributed by atoms with van der Waals surface area (Å²) >= 11 is 0. The fourth-order valence-corrected chi connectivity index (χ4v) is 4.04. The molecule has 4 atom stereocenters. The summed E-state index contributed by atoms with van der Waals surface area (Å²) in [5.41, 5.74) is 1.35. The number of hydrogen-bond acceptors (Lipinski definition) is 0. The predicted octanol–water partition coefficient (Wildman–Crippen LogP) is 4.06. The smallest absolute Gasteiger partial charge is 0.0238 e. The molecule has 0 aromatic carbocycles.